The van der Waals surface area contributed by atoms with Crippen LogP contribution in [0, 0.1) is 0 Å². The van der Waals surface area contributed by atoms with Crippen LogP contribution in [0.25, 0.3) is 32.3 Å². The van der Waals surface area contributed by atoms with Crippen molar-refractivity contribution < 1.29 is 0 Å². The number of nitrogens with zero attached hydrogens (tertiary/aromatic N) is 1. The third-order valence-corrected chi connectivity index (χ3v) is 4.59. The normalized spacial score (nSPS) is 12.1. The molecule has 0 aliphatic carbocycles. The molecular formula is C21H21N. The molecule has 4 rings (SSSR count). The minimum absolute atomic E-state index is 1.14. The second-order valence-electron chi connectivity index (χ2n) is 6.53. The molecule has 0 saturated heterocycles. The first kappa shape index (κ1) is 13.5. The van der Waals surface area contributed by atoms with Gasteiger partial charge in [-0.25, -0.2) is 0 Å². The second-order valence-corrected chi connectivity index (χ2v) is 6.53. The lowest BCUT2D eigenvalue weighted by atomic mass is 9.92. The van der Waals surface area contributed by atoms with Crippen molar-refractivity contribution >= 4 is 32.3 Å². The molecule has 0 heterocycles. The summed E-state index contributed by atoms with van der Waals surface area (Å²) in [5.74, 6) is 0. The van der Waals surface area contributed by atoms with Gasteiger partial charge in [-0.05, 0) is 71.4 Å². The Balaban J connectivity index is 1.86. The largest absolute Gasteiger partial charge is 0.309 e. The summed E-state index contributed by atoms with van der Waals surface area (Å²) in [5.41, 5.74) is 1.45. The van der Waals surface area contributed by atoms with Crippen molar-refractivity contribution in [1.29, 1.82) is 0 Å². The monoisotopic (exact) mass is 287 g/mol. The third kappa shape index (κ3) is 2.22. The molecule has 1 heteroatoms. The topological polar surface area (TPSA) is 3.24 Å². The predicted molar refractivity (Wildman–Crippen MR) is 97.0 cm³/mol. The minimum atomic E-state index is 1.14. The van der Waals surface area contributed by atoms with E-state index in [9.17, 15) is 0 Å². The average molecular weight is 287 g/mol. The smallest absolute Gasteiger partial charge is 0.00217 e. The van der Waals surface area contributed by atoms with Gasteiger partial charge in [0.2, 0.25) is 0 Å². The third-order valence-electron chi connectivity index (χ3n) is 4.59. The van der Waals surface area contributed by atoms with Crippen LogP contribution in [0.3, 0.4) is 0 Å². The molecule has 0 fully saturated rings. The van der Waals surface area contributed by atoms with E-state index in [1.165, 1.54) is 44.3 Å². The zero-order valence-corrected chi connectivity index (χ0v) is 13.3. The Hall–Kier alpha value is -2.12. The standard InChI is InChI=1S/C21H21N/c1-22(2)12-4-5-15-13-18-10-8-16-6-3-7-17-9-11-19(14-15)21(18)20(16)17/h3,6-11,13-14H,4-5,12H2,1-2H3. The summed E-state index contributed by atoms with van der Waals surface area (Å²) in [5, 5.41) is 8.28. The minimum Gasteiger partial charge on any atom is -0.309 e. The van der Waals surface area contributed by atoms with Gasteiger partial charge in [0.25, 0.3) is 0 Å². The van der Waals surface area contributed by atoms with E-state index in [-0.39, 0.29) is 0 Å². The molecule has 0 bridgehead atoms. The quantitative estimate of drug-likeness (QED) is 0.473. The van der Waals surface area contributed by atoms with Crippen molar-refractivity contribution in [3.05, 3.63) is 60.2 Å². The summed E-state index contributed by atoms with van der Waals surface area (Å²) in [6.07, 6.45) is 2.36. The number of hydrogen-bond donors (Lipinski definition) is 0. The summed E-state index contributed by atoms with van der Waals surface area (Å²) >= 11 is 0. The molecule has 0 saturated carbocycles. The van der Waals surface area contributed by atoms with E-state index in [2.05, 4.69) is 73.6 Å². The van der Waals surface area contributed by atoms with Gasteiger partial charge < -0.3 is 4.90 Å². The highest BCUT2D eigenvalue weighted by molar-refractivity contribution is 6.23. The van der Waals surface area contributed by atoms with Crippen LogP contribution < -0.4 is 0 Å². The lowest BCUT2D eigenvalue weighted by molar-refractivity contribution is 0.400. The molecule has 22 heavy (non-hydrogen) atoms. The fraction of sp³-hybridized carbons (Fsp3) is 0.238. The van der Waals surface area contributed by atoms with Gasteiger partial charge >= 0.3 is 0 Å². The van der Waals surface area contributed by atoms with Gasteiger partial charge in [0, 0.05) is 0 Å². The van der Waals surface area contributed by atoms with Crippen LogP contribution in [0.4, 0.5) is 0 Å². The average Bonchev–Trinajstić information content (AvgIpc) is 2.52. The molecule has 0 spiro atoms. The van der Waals surface area contributed by atoms with Crippen molar-refractivity contribution in [2.75, 3.05) is 20.6 Å². The number of aryl methyl sites for hydroxylation is 1. The zero-order valence-electron chi connectivity index (χ0n) is 13.3. The Bertz CT molecular complexity index is 873. The summed E-state index contributed by atoms with van der Waals surface area (Å²) < 4.78 is 0. The Morgan fingerprint density at radius 2 is 1.27 bits per heavy atom. The van der Waals surface area contributed by atoms with Crippen molar-refractivity contribution in [3.63, 3.8) is 0 Å². The van der Waals surface area contributed by atoms with Gasteiger partial charge in [-0.1, -0.05) is 54.6 Å². The SMILES string of the molecule is CN(C)CCCc1cc2ccc3cccc4ccc(c1)c2c34. The molecule has 0 N–H and O–H groups in total. The molecule has 0 atom stereocenters. The van der Waals surface area contributed by atoms with Crippen LogP contribution in [0.15, 0.2) is 54.6 Å². The molecule has 4 aromatic carbocycles. The summed E-state index contributed by atoms with van der Waals surface area (Å²) in [4.78, 5) is 2.25. The van der Waals surface area contributed by atoms with Crippen molar-refractivity contribution in [3.8, 4) is 0 Å². The van der Waals surface area contributed by atoms with Crippen molar-refractivity contribution in [2.45, 2.75) is 12.8 Å². The predicted octanol–water partition coefficient (Wildman–Crippen LogP) is 5.08. The van der Waals surface area contributed by atoms with Gasteiger partial charge in [-0.3, -0.25) is 0 Å². The van der Waals surface area contributed by atoms with E-state index >= 15 is 0 Å². The van der Waals surface area contributed by atoms with Gasteiger partial charge in [-0.2, -0.15) is 0 Å². The van der Waals surface area contributed by atoms with E-state index < -0.39 is 0 Å². The van der Waals surface area contributed by atoms with Gasteiger partial charge in [0.05, 0.1) is 0 Å². The highest BCUT2D eigenvalue weighted by atomic mass is 15.0. The Morgan fingerprint density at radius 1 is 0.727 bits per heavy atom. The molecule has 0 unspecified atom stereocenters. The lowest BCUT2D eigenvalue weighted by Crippen LogP contribution is -2.13. The second kappa shape index (κ2) is 5.26. The van der Waals surface area contributed by atoms with Crippen LogP contribution in [0.2, 0.25) is 0 Å². The molecule has 0 aliphatic heterocycles. The number of rotatable bonds is 4. The molecule has 0 aromatic heterocycles. The Labute approximate surface area is 131 Å². The summed E-state index contributed by atoms with van der Waals surface area (Å²) in [7, 11) is 4.28. The van der Waals surface area contributed by atoms with Gasteiger partial charge in [0.15, 0.2) is 0 Å². The molecule has 110 valence electrons. The first-order valence-electron chi connectivity index (χ1n) is 8.03. The van der Waals surface area contributed by atoms with Crippen LogP contribution in [-0.2, 0) is 6.42 Å². The fourth-order valence-electron chi connectivity index (χ4n) is 3.56. The van der Waals surface area contributed by atoms with Gasteiger partial charge in [0.1, 0.15) is 0 Å². The van der Waals surface area contributed by atoms with E-state index in [4.69, 9.17) is 0 Å². The van der Waals surface area contributed by atoms with Crippen molar-refractivity contribution in [1.82, 2.24) is 4.90 Å². The first-order chi connectivity index (χ1) is 10.7. The summed E-state index contributed by atoms with van der Waals surface area (Å²) in [6, 6.07) is 20.4. The highest BCUT2D eigenvalue weighted by Crippen LogP contribution is 2.35. The van der Waals surface area contributed by atoms with Crippen molar-refractivity contribution in [2.24, 2.45) is 0 Å². The van der Waals surface area contributed by atoms with E-state index in [1.54, 1.807) is 0 Å². The highest BCUT2D eigenvalue weighted by Gasteiger charge is 2.08. The maximum Gasteiger partial charge on any atom is -0.00217 e. The summed E-state index contributed by atoms with van der Waals surface area (Å²) in [6.45, 7) is 1.14. The first-order valence-corrected chi connectivity index (χ1v) is 8.03. The van der Waals surface area contributed by atoms with E-state index in [0.29, 0.717) is 0 Å². The fourth-order valence-corrected chi connectivity index (χ4v) is 3.56. The zero-order chi connectivity index (χ0) is 15.1. The molecular weight excluding hydrogens is 266 g/mol. The molecule has 4 aromatic rings. The van der Waals surface area contributed by atoms with Crippen LogP contribution in [0.5, 0.6) is 0 Å². The van der Waals surface area contributed by atoms with Gasteiger partial charge in [-0.15, -0.1) is 0 Å². The van der Waals surface area contributed by atoms with Crippen LogP contribution in [-0.4, -0.2) is 25.5 Å². The molecule has 1 nitrogen and oxygen atoms in total. The maximum absolute atomic E-state index is 2.38. The lowest BCUT2D eigenvalue weighted by Gasteiger charge is -2.13. The maximum atomic E-state index is 2.38. The van der Waals surface area contributed by atoms with E-state index in [1.807, 2.05) is 0 Å². The molecule has 0 amide bonds. The molecule has 0 radical (unpaired) electrons. The Morgan fingerprint density at radius 3 is 1.86 bits per heavy atom. The Kier molecular flexibility index (Phi) is 3.24. The molecule has 0 aliphatic rings. The van der Waals surface area contributed by atoms with E-state index in [0.717, 1.165) is 13.0 Å². The van der Waals surface area contributed by atoms with Crippen LogP contribution >= 0.6 is 0 Å². The number of hydrogen-bond acceptors (Lipinski definition) is 1. The number of benzene rings is 4. The van der Waals surface area contributed by atoms with Crippen LogP contribution in [0.1, 0.15) is 12.0 Å².